The molecule has 1 amide bonds. The molecule has 3 N–H and O–H groups in total. The second-order valence-electron chi connectivity index (χ2n) is 5.94. The summed E-state index contributed by atoms with van der Waals surface area (Å²) < 4.78 is 0. The second kappa shape index (κ2) is 6.34. The van der Waals surface area contributed by atoms with Gasteiger partial charge < -0.3 is 11.1 Å². The number of carbonyl (C=O) groups excluding carboxylic acids is 1. The number of nitrogens with one attached hydrogen (secondary N) is 1. The topological polar surface area (TPSA) is 55.1 Å². The fourth-order valence-corrected chi connectivity index (χ4v) is 2.77. The number of carbonyl (C=O) groups is 1. The molecule has 3 nitrogen and oxygen atoms in total. The number of amides is 1. The van der Waals surface area contributed by atoms with E-state index in [1.165, 1.54) is 10.4 Å². The summed E-state index contributed by atoms with van der Waals surface area (Å²) in [5.74, 6) is -0.0227. The molecule has 1 unspecified atom stereocenters. The van der Waals surface area contributed by atoms with E-state index in [2.05, 4.69) is 39.1 Å². The molecule has 4 heteroatoms. The third kappa shape index (κ3) is 4.78. The van der Waals surface area contributed by atoms with E-state index in [-0.39, 0.29) is 17.2 Å². The lowest BCUT2D eigenvalue weighted by atomic mass is 9.84. The van der Waals surface area contributed by atoms with Crippen molar-refractivity contribution in [2.75, 3.05) is 6.54 Å². The first-order valence-corrected chi connectivity index (χ1v) is 7.22. The lowest BCUT2D eigenvalue weighted by Crippen LogP contribution is -2.36. The highest BCUT2D eigenvalue weighted by molar-refractivity contribution is 7.10. The Morgan fingerprint density at radius 1 is 1.50 bits per heavy atom. The SMILES string of the molecule is Cc1ccsc1CNC(=O)C(CN)CC(C)(C)C. The Morgan fingerprint density at radius 2 is 2.17 bits per heavy atom. The van der Waals surface area contributed by atoms with Crippen LogP contribution in [0.2, 0.25) is 0 Å². The molecule has 102 valence electrons. The van der Waals surface area contributed by atoms with Crippen LogP contribution in [-0.2, 0) is 11.3 Å². The maximum absolute atomic E-state index is 12.1. The Bertz CT molecular complexity index is 393. The highest BCUT2D eigenvalue weighted by Gasteiger charge is 2.23. The van der Waals surface area contributed by atoms with E-state index in [4.69, 9.17) is 5.73 Å². The van der Waals surface area contributed by atoms with Gasteiger partial charge in [-0.3, -0.25) is 4.79 Å². The molecule has 0 bridgehead atoms. The first kappa shape index (κ1) is 15.2. The van der Waals surface area contributed by atoms with Crippen LogP contribution in [0.25, 0.3) is 0 Å². The average Bonchev–Trinajstić information content (AvgIpc) is 2.67. The molecule has 0 saturated carbocycles. The van der Waals surface area contributed by atoms with Crippen molar-refractivity contribution in [1.82, 2.24) is 5.32 Å². The molecule has 0 saturated heterocycles. The molecule has 0 aliphatic rings. The van der Waals surface area contributed by atoms with Crippen molar-refractivity contribution in [1.29, 1.82) is 0 Å². The van der Waals surface area contributed by atoms with E-state index < -0.39 is 0 Å². The number of nitrogens with two attached hydrogens (primary N) is 1. The summed E-state index contributed by atoms with van der Waals surface area (Å²) in [6.45, 7) is 9.48. The van der Waals surface area contributed by atoms with Crippen molar-refractivity contribution >= 4 is 17.2 Å². The minimum Gasteiger partial charge on any atom is -0.351 e. The zero-order chi connectivity index (χ0) is 13.8. The van der Waals surface area contributed by atoms with Gasteiger partial charge >= 0.3 is 0 Å². The first-order chi connectivity index (χ1) is 8.33. The Labute approximate surface area is 114 Å². The van der Waals surface area contributed by atoms with Crippen molar-refractivity contribution < 1.29 is 4.79 Å². The lowest BCUT2D eigenvalue weighted by Gasteiger charge is -2.24. The number of hydrogen-bond donors (Lipinski definition) is 2. The number of rotatable bonds is 5. The van der Waals surface area contributed by atoms with Crippen molar-refractivity contribution in [3.8, 4) is 0 Å². The van der Waals surface area contributed by atoms with Crippen LogP contribution in [0.1, 0.15) is 37.6 Å². The Morgan fingerprint density at radius 3 is 2.61 bits per heavy atom. The minimum absolute atomic E-state index is 0.0697. The summed E-state index contributed by atoms with van der Waals surface area (Å²) in [5, 5.41) is 5.04. The van der Waals surface area contributed by atoms with Crippen molar-refractivity contribution in [2.24, 2.45) is 17.1 Å². The Hall–Kier alpha value is -0.870. The zero-order valence-electron chi connectivity index (χ0n) is 11.7. The summed E-state index contributed by atoms with van der Waals surface area (Å²) in [5.41, 5.74) is 7.06. The van der Waals surface area contributed by atoms with Crippen LogP contribution in [0.5, 0.6) is 0 Å². The Kier molecular flexibility index (Phi) is 5.35. The molecule has 1 rings (SSSR count). The maximum atomic E-state index is 12.1. The van der Waals surface area contributed by atoms with Gasteiger partial charge in [0.05, 0.1) is 12.5 Å². The predicted octanol–water partition coefficient (Wildman–Crippen LogP) is 2.68. The van der Waals surface area contributed by atoms with Crippen molar-refractivity contribution in [2.45, 2.75) is 40.7 Å². The van der Waals surface area contributed by atoms with Gasteiger partial charge in [0, 0.05) is 11.4 Å². The van der Waals surface area contributed by atoms with E-state index >= 15 is 0 Å². The molecule has 0 aliphatic carbocycles. The summed E-state index contributed by atoms with van der Waals surface area (Å²) in [6.07, 6.45) is 0.818. The maximum Gasteiger partial charge on any atom is 0.224 e. The highest BCUT2D eigenvalue weighted by atomic mass is 32.1. The fraction of sp³-hybridized carbons (Fsp3) is 0.643. The lowest BCUT2D eigenvalue weighted by molar-refractivity contribution is -0.125. The quantitative estimate of drug-likeness (QED) is 0.862. The van der Waals surface area contributed by atoms with E-state index in [0.717, 1.165) is 6.42 Å². The van der Waals surface area contributed by atoms with Crippen LogP contribution in [0.3, 0.4) is 0 Å². The van der Waals surface area contributed by atoms with Crippen molar-refractivity contribution in [3.05, 3.63) is 21.9 Å². The summed E-state index contributed by atoms with van der Waals surface area (Å²) in [6, 6.07) is 2.07. The molecule has 18 heavy (non-hydrogen) atoms. The fourth-order valence-electron chi connectivity index (χ4n) is 1.92. The molecule has 0 radical (unpaired) electrons. The molecule has 0 aromatic carbocycles. The van der Waals surface area contributed by atoms with Gasteiger partial charge in [-0.1, -0.05) is 20.8 Å². The first-order valence-electron chi connectivity index (χ1n) is 6.34. The second-order valence-corrected chi connectivity index (χ2v) is 6.94. The van der Waals surface area contributed by atoms with Gasteiger partial charge in [-0.25, -0.2) is 0 Å². The third-order valence-electron chi connectivity index (χ3n) is 2.91. The summed E-state index contributed by atoms with van der Waals surface area (Å²) in [7, 11) is 0. The molecular weight excluding hydrogens is 244 g/mol. The van der Waals surface area contributed by atoms with Gasteiger partial charge in [0.1, 0.15) is 0 Å². The van der Waals surface area contributed by atoms with E-state index in [1.807, 2.05) is 5.38 Å². The smallest absolute Gasteiger partial charge is 0.224 e. The predicted molar refractivity (Wildman–Crippen MR) is 77.5 cm³/mol. The van der Waals surface area contributed by atoms with Gasteiger partial charge in [-0.05, 0) is 35.8 Å². The van der Waals surface area contributed by atoms with Crippen LogP contribution >= 0.6 is 11.3 Å². The number of aryl methyl sites for hydroxylation is 1. The minimum atomic E-state index is -0.0923. The van der Waals surface area contributed by atoms with Crippen LogP contribution in [-0.4, -0.2) is 12.5 Å². The van der Waals surface area contributed by atoms with Crippen molar-refractivity contribution in [3.63, 3.8) is 0 Å². The Balaban J connectivity index is 2.51. The van der Waals surface area contributed by atoms with E-state index in [0.29, 0.717) is 13.1 Å². The molecule has 0 spiro atoms. The van der Waals surface area contributed by atoms with Gasteiger partial charge in [0.25, 0.3) is 0 Å². The largest absolute Gasteiger partial charge is 0.351 e. The molecule has 1 heterocycles. The molecule has 1 atom stereocenters. The monoisotopic (exact) mass is 268 g/mol. The van der Waals surface area contributed by atoms with E-state index in [9.17, 15) is 4.79 Å². The standard InChI is InChI=1S/C14H24N2OS/c1-10-5-6-18-12(10)9-16-13(17)11(8-15)7-14(2,3)4/h5-6,11H,7-9,15H2,1-4H3,(H,16,17). The van der Waals surface area contributed by atoms with Crippen LogP contribution in [0, 0.1) is 18.3 Å². The summed E-state index contributed by atoms with van der Waals surface area (Å²) >= 11 is 1.68. The van der Waals surface area contributed by atoms with Gasteiger partial charge in [-0.2, -0.15) is 0 Å². The summed E-state index contributed by atoms with van der Waals surface area (Å²) in [4.78, 5) is 13.3. The highest BCUT2D eigenvalue weighted by Crippen LogP contribution is 2.24. The zero-order valence-corrected chi connectivity index (χ0v) is 12.6. The van der Waals surface area contributed by atoms with Crippen LogP contribution in [0.4, 0.5) is 0 Å². The number of thiophene rings is 1. The van der Waals surface area contributed by atoms with Gasteiger partial charge in [0.15, 0.2) is 0 Å². The molecule has 1 aromatic heterocycles. The molecular formula is C14H24N2OS. The van der Waals surface area contributed by atoms with Crippen LogP contribution < -0.4 is 11.1 Å². The van der Waals surface area contributed by atoms with Gasteiger partial charge in [0.2, 0.25) is 5.91 Å². The average molecular weight is 268 g/mol. The number of hydrogen-bond acceptors (Lipinski definition) is 3. The van der Waals surface area contributed by atoms with E-state index in [1.54, 1.807) is 11.3 Å². The normalized spacial score (nSPS) is 13.4. The van der Waals surface area contributed by atoms with Crippen LogP contribution in [0.15, 0.2) is 11.4 Å². The van der Waals surface area contributed by atoms with Gasteiger partial charge in [-0.15, -0.1) is 11.3 Å². The molecule has 1 aromatic rings. The third-order valence-corrected chi connectivity index (χ3v) is 3.93. The molecule has 0 fully saturated rings. The molecule has 0 aliphatic heterocycles.